The number of hydrogen-bond acceptors (Lipinski definition) is 5. The number of hydrogen-bond donors (Lipinski definition) is 1. The molecule has 1 aromatic rings. The lowest BCUT2D eigenvalue weighted by molar-refractivity contribution is -0.198. The zero-order valence-electron chi connectivity index (χ0n) is 14.0. The first-order chi connectivity index (χ1) is 11.1. The van der Waals surface area contributed by atoms with Crippen LogP contribution in [0.15, 0.2) is 24.3 Å². The maximum absolute atomic E-state index is 11.8. The highest BCUT2D eigenvalue weighted by atomic mass is 16.5. The molecular formula is C17H25N3O3. The molecule has 0 aromatic heterocycles. The van der Waals surface area contributed by atoms with Crippen LogP contribution in [0.3, 0.4) is 0 Å². The predicted molar refractivity (Wildman–Crippen MR) is 87.4 cm³/mol. The monoisotopic (exact) mass is 319 g/mol. The molecule has 3 rings (SSSR count). The number of rotatable bonds is 4. The Hall–Kier alpha value is -1.63. The summed E-state index contributed by atoms with van der Waals surface area (Å²) in [4.78, 5) is 16.3. The third-order valence-corrected chi connectivity index (χ3v) is 4.78. The summed E-state index contributed by atoms with van der Waals surface area (Å²) in [7, 11) is 5.36. The number of methoxy groups -OCH3 is 1. The van der Waals surface area contributed by atoms with E-state index >= 15 is 0 Å². The van der Waals surface area contributed by atoms with E-state index in [4.69, 9.17) is 9.47 Å². The first-order valence-electron chi connectivity index (χ1n) is 7.97. The van der Waals surface area contributed by atoms with Gasteiger partial charge in [-0.3, -0.25) is 14.6 Å². The van der Waals surface area contributed by atoms with Crippen molar-refractivity contribution in [1.82, 2.24) is 15.1 Å². The molecular weight excluding hydrogens is 294 g/mol. The van der Waals surface area contributed by atoms with E-state index in [1.165, 1.54) is 5.56 Å². The summed E-state index contributed by atoms with van der Waals surface area (Å²) >= 11 is 0. The Morgan fingerprint density at radius 1 is 1.39 bits per heavy atom. The number of carbonyl (C=O) groups excluding carboxylic acids is 1. The summed E-state index contributed by atoms with van der Waals surface area (Å²) in [5, 5.41) is 2.70. The Morgan fingerprint density at radius 2 is 2.13 bits per heavy atom. The lowest BCUT2D eigenvalue weighted by Crippen LogP contribution is -2.71. The molecule has 0 aliphatic carbocycles. The van der Waals surface area contributed by atoms with Gasteiger partial charge in [-0.05, 0) is 13.1 Å². The van der Waals surface area contributed by atoms with Crippen LogP contribution in [0.4, 0.5) is 0 Å². The molecule has 2 aliphatic rings. The lowest BCUT2D eigenvalue weighted by Gasteiger charge is -2.55. The van der Waals surface area contributed by atoms with Gasteiger partial charge in [0.2, 0.25) is 5.91 Å². The molecule has 2 fully saturated rings. The fourth-order valence-electron chi connectivity index (χ4n) is 3.58. The van der Waals surface area contributed by atoms with Crippen molar-refractivity contribution in [3.05, 3.63) is 29.8 Å². The second kappa shape index (κ2) is 6.47. The van der Waals surface area contributed by atoms with Crippen molar-refractivity contribution in [2.24, 2.45) is 0 Å². The molecule has 2 heterocycles. The first-order valence-corrected chi connectivity index (χ1v) is 7.97. The summed E-state index contributed by atoms with van der Waals surface area (Å²) < 4.78 is 11.5. The van der Waals surface area contributed by atoms with Gasteiger partial charge in [-0.15, -0.1) is 0 Å². The second-order valence-corrected chi connectivity index (χ2v) is 6.50. The van der Waals surface area contributed by atoms with Crippen molar-refractivity contribution < 1.29 is 14.3 Å². The van der Waals surface area contributed by atoms with Gasteiger partial charge in [-0.1, -0.05) is 18.2 Å². The Labute approximate surface area is 137 Å². The number of morpholine rings is 1. The van der Waals surface area contributed by atoms with Gasteiger partial charge in [0.25, 0.3) is 0 Å². The Balaban J connectivity index is 1.56. The number of benzene rings is 1. The summed E-state index contributed by atoms with van der Waals surface area (Å²) in [6, 6.07) is 7.92. The standard InChI is InChI=1S/C17H25N3O3/c1-18-16(21)14-9-23-17(10-19(14)2)11-20(12-17)8-13-6-4-5-7-15(13)22-3/h4-7,14H,8-12H2,1-3H3,(H,18,21)/t14-/m1/s1. The second-order valence-electron chi connectivity index (χ2n) is 6.50. The third kappa shape index (κ3) is 3.20. The number of ether oxygens (including phenoxy) is 2. The van der Waals surface area contributed by atoms with Crippen molar-refractivity contribution in [3.8, 4) is 5.75 Å². The van der Waals surface area contributed by atoms with Gasteiger partial charge >= 0.3 is 0 Å². The van der Waals surface area contributed by atoms with E-state index in [1.807, 2.05) is 25.2 Å². The number of nitrogens with one attached hydrogen (secondary N) is 1. The topological polar surface area (TPSA) is 54.0 Å². The number of nitrogens with zero attached hydrogens (tertiary/aromatic N) is 2. The zero-order valence-corrected chi connectivity index (χ0v) is 14.0. The third-order valence-electron chi connectivity index (χ3n) is 4.78. The molecule has 6 nitrogen and oxygen atoms in total. The van der Waals surface area contributed by atoms with E-state index in [0.717, 1.165) is 31.9 Å². The fourth-order valence-corrected chi connectivity index (χ4v) is 3.58. The van der Waals surface area contributed by atoms with Crippen LogP contribution in [0.2, 0.25) is 0 Å². The minimum Gasteiger partial charge on any atom is -0.496 e. The molecule has 2 aliphatic heterocycles. The molecule has 0 bridgehead atoms. The van der Waals surface area contributed by atoms with Crippen LogP contribution in [-0.2, 0) is 16.1 Å². The molecule has 6 heteroatoms. The molecule has 23 heavy (non-hydrogen) atoms. The number of amides is 1. The van der Waals surface area contributed by atoms with Crippen LogP contribution < -0.4 is 10.1 Å². The van der Waals surface area contributed by atoms with Crippen LogP contribution in [-0.4, -0.2) is 74.8 Å². The Morgan fingerprint density at radius 3 is 2.78 bits per heavy atom. The highest BCUT2D eigenvalue weighted by Gasteiger charge is 2.49. The summed E-state index contributed by atoms with van der Waals surface area (Å²) in [5.74, 6) is 0.947. The van der Waals surface area contributed by atoms with Gasteiger partial charge in [0.1, 0.15) is 17.4 Å². The Kier molecular flexibility index (Phi) is 4.57. The van der Waals surface area contributed by atoms with Crippen LogP contribution in [0.25, 0.3) is 0 Å². The molecule has 126 valence electrons. The first kappa shape index (κ1) is 16.2. The van der Waals surface area contributed by atoms with Crippen molar-refractivity contribution in [3.63, 3.8) is 0 Å². The van der Waals surface area contributed by atoms with E-state index in [-0.39, 0.29) is 17.6 Å². The van der Waals surface area contributed by atoms with Crippen LogP contribution in [0.5, 0.6) is 5.75 Å². The van der Waals surface area contributed by atoms with Gasteiger partial charge in [0.15, 0.2) is 0 Å². The average molecular weight is 319 g/mol. The van der Waals surface area contributed by atoms with E-state index in [1.54, 1.807) is 14.2 Å². The summed E-state index contributed by atoms with van der Waals surface area (Å²) in [6.07, 6.45) is 0. The maximum Gasteiger partial charge on any atom is 0.239 e. The number of para-hydroxylation sites is 1. The fraction of sp³-hybridized carbons (Fsp3) is 0.588. The van der Waals surface area contributed by atoms with Crippen LogP contribution in [0.1, 0.15) is 5.56 Å². The maximum atomic E-state index is 11.8. The highest BCUT2D eigenvalue weighted by Crippen LogP contribution is 2.32. The van der Waals surface area contributed by atoms with Crippen LogP contribution in [0, 0.1) is 0 Å². The van der Waals surface area contributed by atoms with Crippen molar-refractivity contribution in [2.75, 3.05) is 47.4 Å². The molecule has 1 N–H and O–H groups in total. The lowest BCUT2D eigenvalue weighted by atomic mass is 9.90. The molecule has 1 amide bonds. The molecule has 0 unspecified atom stereocenters. The molecule has 1 aromatic carbocycles. The predicted octanol–water partition coefficient (Wildman–Crippen LogP) is 0.326. The molecule has 1 spiro atoms. The van der Waals surface area contributed by atoms with Crippen LogP contribution >= 0.6 is 0 Å². The molecule has 0 saturated carbocycles. The van der Waals surface area contributed by atoms with Crippen molar-refractivity contribution >= 4 is 5.91 Å². The van der Waals surface area contributed by atoms with Gasteiger partial charge in [-0.2, -0.15) is 0 Å². The normalized spacial score (nSPS) is 24.2. The molecule has 0 radical (unpaired) electrons. The highest BCUT2D eigenvalue weighted by molar-refractivity contribution is 5.81. The largest absolute Gasteiger partial charge is 0.496 e. The van der Waals surface area contributed by atoms with Gasteiger partial charge < -0.3 is 14.8 Å². The number of likely N-dealkylation sites (tertiary alicyclic amines) is 1. The summed E-state index contributed by atoms with van der Waals surface area (Å²) in [6.45, 7) is 3.87. The van der Waals surface area contributed by atoms with E-state index < -0.39 is 0 Å². The van der Waals surface area contributed by atoms with E-state index in [2.05, 4.69) is 21.2 Å². The number of carbonyl (C=O) groups is 1. The number of likely N-dealkylation sites (N-methyl/N-ethyl adjacent to an activating group) is 2. The van der Waals surface area contributed by atoms with Gasteiger partial charge in [-0.25, -0.2) is 0 Å². The van der Waals surface area contributed by atoms with Gasteiger partial charge in [0, 0.05) is 38.8 Å². The van der Waals surface area contributed by atoms with E-state index in [9.17, 15) is 4.79 Å². The van der Waals surface area contributed by atoms with Crippen molar-refractivity contribution in [1.29, 1.82) is 0 Å². The SMILES string of the molecule is CNC(=O)[C@H]1COC2(CN(Cc3ccccc3OC)C2)CN1C. The Bertz CT molecular complexity index is 572. The zero-order chi connectivity index (χ0) is 16.4. The minimum absolute atomic E-state index is 0.0209. The average Bonchev–Trinajstić information content (AvgIpc) is 2.53. The minimum atomic E-state index is -0.186. The van der Waals surface area contributed by atoms with E-state index in [0.29, 0.717) is 6.61 Å². The quantitative estimate of drug-likeness (QED) is 0.867. The molecule has 2 saturated heterocycles. The van der Waals surface area contributed by atoms with Crippen molar-refractivity contribution in [2.45, 2.75) is 18.2 Å². The smallest absolute Gasteiger partial charge is 0.239 e. The molecule has 1 atom stereocenters. The van der Waals surface area contributed by atoms with Gasteiger partial charge in [0.05, 0.1) is 13.7 Å². The summed E-state index contributed by atoms with van der Waals surface area (Å²) in [5.41, 5.74) is 1.05.